The second-order valence-electron chi connectivity index (χ2n) is 6.31. The van der Waals surface area contributed by atoms with Gasteiger partial charge in [0.25, 0.3) is 11.5 Å². The van der Waals surface area contributed by atoms with E-state index in [1.807, 2.05) is 6.92 Å². The van der Waals surface area contributed by atoms with Gasteiger partial charge in [-0.05, 0) is 30.7 Å². The number of aromatic nitrogens is 1. The van der Waals surface area contributed by atoms with Gasteiger partial charge in [0.05, 0.1) is 11.1 Å². The van der Waals surface area contributed by atoms with Crippen molar-refractivity contribution in [3.63, 3.8) is 0 Å². The van der Waals surface area contributed by atoms with E-state index >= 15 is 0 Å². The molecule has 0 saturated carbocycles. The number of amides is 2. The summed E-state index contributed by atoms with van der Waals surface area (Å²) in [6.07, 6.45) is 0.796. The van der Waals surface area contributed by atoms with Crippen molar-refractivity contribution in [1.82, 2.24) is 9.88 Å². The number of hydrogen-bond donors (Lipinski definition) is 2. The molecule has 0 radical (unpaired) electrons. The summed E-state index contributed by atoms with van der Waals surface area (Å²) >= 11 is 5.93. The normalized spacial score (nSPS) is 10.6. The molecule has 0 aliphatic rings. The van der Waals surface area contributed by atoms with Crippen LogP contribution in [0.15, 0.2) is 59.4 Å². The zero-order valence-electron chi connectivity index (χ0n) is 15.4. The van der Waals surface area contributed by atoms with Gasteiger partial charge in [-0.1, -0.05) is 42.8 Å². The van der Waals surface area contributed by atoms with Gasteiger partial charge in [0.1, 0.15) is 6.54 Å². The molecule has 0 saturated heterocycles. The van der Waals surface area contributed by atoms with Crippen LogP contribution in [0.3, 0.4) is 0 Å². The standard InChI is InChI=1S/C21H20ClN3O3/c1-2-10-23-21(28)17-12-20(27)25(18-9-4-3-8-16(17)18)13-19(26)24-15-7-5-6-14(22)11-15/h3-9,11-12H,2,10,13H2,1H3,(H,23,28)(H,24,26). The second kappa shape index (κ2) is 8.71. The third-order valence-corrected chi connectivity index (χ3v) is 4.44. The molecule has 3 aromatic rings. The molecule has 0 bridgehead atoms. The molecular formula is C21H20ClN3O3. The molecule has 6 nitrogen and oxygen atoms in total. The monoisotopic (exact) mass is 397 g/mol. The lowest BCUT2D eigenvalue weighted by molar-refractivity contribution is -0.116. The Morgan fingerprint density at radius 2 is 1.86 bits per heavy atom. The second-order valence-corrected chi connectivity index (χ2v) is 6.75. The van der Waals surface area contributed by atoms with Gasteiger partial charge in [0, 0.05) is 28.7 Å². The predicted molar refractivity (Wildman–Crippen MR) is 111 cm³/mol. The first-order chi connectivity index (χ1) is 13.5. The highest BCUT2D eigenvalue weighted by Crippen LogP contribution is 2.18. The maximum atomic E-state index is 12.7. The summed E-state index contributed by atoms with van der Waals surface area (Å²) in [5.74, 6) is -0.664. The Bertz CT molecular complexity index is 1090. The number of para-hydroxylation sites is 1. The molecule has 0 fully saturated rings. The molecule has 144 valence electrons. The first-order valence-corrected chi connectivity index (χ1v) is 9.33. The number of carbonyl (C=O) groups excluding carboxylic acids is 2. The molecule has 0 aliphatic heterocycles. The van der Waals surface area contributed by atoms with Crippen molar-refractivity contribution < 1.29 is 9.59 Å². The Balaban J connectivity index is 1.93. The van der Waals surface area contributed by atoms with Crippen LogP contribution >= 0.6 is 11.6 Å². The zero-order valence-corrected chi connectivity index (χ0v) is 16.1. The highest BCUT2D eigenvalue weighted by molar-refractivity contribution is 6.30. The molecule has 3 rings (SSSR count). The minimum absolute atomic E-state index is 0.178. The van der Waals surface area contributed by atoms with E-state index in [1.54, 1.807) is 48.5 Å². The van der Waals surface area contributed by atoms with Crippen LogP contribution in [-0.4, -0.2) is 22.9 Å². The van der Waals surface area contributed by atoms with Crippen LogP contribution in [0.2, 0.25) is 5.02 Å². The highest BCUT2D eigenvalue weighted by Gasteiger charge is 2.16. The molecule has 0 aliphatic carbocycles. The number of nitrogens with one attached hydrogen (secondary N) is 2. The smallest absolute Gasteiger partial charge is 0.252 e. The number of hydrogen-bond acceptors (Lipinski definition) is 3. The van der Waals surface area contributed by atoms with Gasteiger partial charge >= 0.3 is 0 Å². The number of carbonyl (C=O) groups is 2. The lowest BCUT2D eigenvalue weighted by Crippen LogP contribution is -2.31. The lowest BCUT2D eigenvalue weighted by atomic mass is 10.1. The predicted octanol–water partition coefficient (Wildman–Crippen LogP) is 3.43. The quantitative estimate of drug-likeness (QED) is 0.668. The van der Waals surface area contributed by atoms with Crippen LogP contribution in [0.25, 0.3) is 10.9 Å². The summed E-state index contributed by atoms with van der Waals surface area (Å²) in [7, 11) is 0. The van der Waals surface area contributed by atoms with Crippen LogP contribution in [0, 0.1) is 0 Å². The third-order valence-electron chi connectivity index (χ3n) is 4.21. The Labute approximate surface area is 167 Å². The number of anilines is 1. The van der Waals surface area contributed by atoms with E-state index in [0.717, 1.165) is 6.42 Å². The molecule has 0 atom stereocenters. The Morgan fingerprint density at radius 3 is 2.61 bits per heavy atom. The average molecular weight is 398 g/mol. The fourth-order valence-corrected chi connectivity index (χ4v) is 3.12. The molecule has 2 amide bonds. The van der Waals surface area contributed by atoms with Crippen molar-refractivity contribution in [3.8, 4) is 0 Å². The van der Waals surface area contributed by atoms with Gasteiger partial charge in [-0.25, -0.2) is 0 Å². The molecule has 2 aromatic carbocycles. The molecule has 7 heteroatoms. The van der Waals surface area contributed by atoms with Crippen molar-refractivity contribution in [1.29, 1.82) is 0 Å². The van der Waals surface area contributed by atoms with Gasteiger partial charge in [-0.15, -0.1) is 0 Å². The van der Waals surface area contributed by atoms with Crippen molar-refractivity contribution >= 4 is 40.0 Å². The Hall–Kier alpha value is -3.12. The van der Waals surface area contributed by atoms with E-state index < -0.39 is 5.56 Å². The van der Waals surface area contributed by atoms with Crippen LogP contribution in [0.5, 0.6) is 0 Å². The number of fused-ring (bicyclic) bond motifs is 1. The van der Waals surface area contributed by atoms with E-state index in [1.165, 1.54) is 10.6 Å². The zero-order chi connectivity index (χ0) is 20.1. The lowest BCUT2D eigenvalue weighted by Gasteiger charge is -2.13. The van der Waals surface area contributed by atoms with Crippen molar-refractivity contribution in [3.05, 3.63) is 75.5 Å². The topological polar surface area (TPSA) is 80.2 Å². The van der Waals surface area contributed by atoms with Crippen molar-refractivity contribution in [2.45, 2.75) is 19.9 Å². The Kier molecular flexibility index (Phi) is 6.11. The summed E-state index contributed by atoms with van der Waals surface area (Å²) in [6.45, 7) is 2.30. The van der Waals surface area contributed by atoms with E-state index in [2.05, 4.69) is 10.6 Å². The SMILES string of the molecule is CCCNC(=O)c1cc(=O)n(CC(=O)Nc2cccc(Cl)c2)c2ccccc12. The molecule has 28 heavy (non-hydrogen) atoms. The van der Waals surface area contributed by atoms with Gasteiger partial charge in [0.15, 0.2) is 0 Å². The Morgan fingerprint density at radius 1 is 1.07 bits per heavy atom. The fourth-order valence-electron chi connectivity index (χ4n) is 2.93. The van der Waals surface area contributed by atoms with E-state index in [0.29, 0.717) is 33.7 Å². The number of pyridine rings is 1. The summed E-state index contributed by atoms with van der Waals surface area (Å²) < 4.78 is 1.35. The third kappa shape index (κ3) is 4.40. The minimum Gasteiger partial charge on any atom is -0.352 e. The van der Waals surface area contributed by atoms with Crippen molar-refractivity contribution in [2.24, 2.45) is 0 Å². The van der Waals surface area contributed by atoms with E-state index in [9.17, 15) is 14.4 Å². The van der Waals surface area contributed by atoms with Gasteiger partial charge in [0.2, 0.25) is 5.91 Å². The number of benzene rings is 2. The summed E-state index contributed by atoms with van der Waals surface area (Å²) in [5, 5.41) is 6.63. The number of halogens is 1. The maximum absolute atomic E-state index is 12.7. The van der Waals surface area contributed by atoms with Crippen molar-refractivity contribution in [2.75, 3.05) is 11.9 Å². The first-order valence-electron chi connectivity index (χ1n) is 8.96. The highest BCUT2D eigenvalue weighted by atomic mass is 35.5. The minimum atomic E-state index is -0.415. The summed E-state index contributed by atoms with van der Waals surface area (Å²) in [4.78, 5) is 37.5. The van der Waals surface area contributed by atoms with Crippen LogP contribution in [0.1, 0.15) is 23.7 Å². The fraction of sp³-hybridized carbons (Fsp3) is 0.190. The molecular weight excluding hydrogens is 378 g/mol. The number of rotatable bonds is 6. The van der Waals surface area contributed by atoms with E-state index in [-0.39, 0.29) is 18.4 Å². The first kappa shape index (κ1) is 19.6. The van der Waals surface area contributed by atoms with Gasteiger partial charge in [-0.3, -0.25) is 19.0 Å². The van der Waals surface area contributed by atoms with E-state index in [4.69, 9.17) is 11.6 Å². The maximum Gasteiger partial charge on any atom is 0.252 e. The number of nitrogens with zero attached hydrogens (tertiary/aromatic N) is 1. The molecule has 1 aromatic heterocycles. The molecule has 2 N–H and O–H groups in total. The molecule has 1 heterocycles. The van der Waals surface area contributed by atoms with Crippen LogP contribution in [0.4, 0.5) is 5.69 Å². The van der Waals surface area contributed by atoms with Crippen LogP contribution < -0.4 is 16.2 Å². The van der Waals surface area contributed by atoms with Gasteiger partial charge < -0.3 is 10.6 Å². The van der Waals surface area contributed by atoms with Gasteiger partial charge in [-0.2, -0.15) is 0 Å². The summed E-state index contributed by atoms with van der Waals surface area (Å²) in [5.41, 5.74) is 0.963. The largest absolute Gasteiger partial charge is 0.352 e. The molecule has 0 spiro atoms. The molecule has 0 unspecified atom stereocenters. The van der Waals surface area contributed by atoms with Crippen LogP contribution in [-0.2, 0) is 11.3 Å². The summed E-state index contributed by atoms with van der Waals surface area (Å²) in [6, 6.07) is 15.1. The average Bonchev–Trinajstić information content (AvgIpc) is 2.68.